The molecule has 0 unspecified atom stereocenters. The second kappa shape index (κ2) is 6.13. The van der Waals surface area contributed by atoms with Crippen molar-refractivity contribution in [3.63, 3.8) is 0 Å². The van der Waals surface area contributed by atoms with Gasteiger partial charge in [-0.25, -0.2) is 13.9 Å². The van der Waals surface area contributed by atoms with Gasteiger partial charge in [-0.3, -0.25) is 4.98 Å². The van der Waals surface area contributed by atoms with Crippen molar-refractivity contribution in [3.8, 4) is 11.3 Å². The van der Waals surface area contributed by atoms with Crippen molar-refractivity contribution in [1.29, 1.82) is 0 Å². The van der Waals surface area contributed by atoms with Crippen LogP contribution in [0, 0.1) is 5.82 Å². The maximum absolute atomic E-state index is 14.0. The SMILES string of the molecule is O=C(O)c1nnn(Cc2c(F)cccc2Cl)c1-c1cccnc1. The molecular formula is C15H10ClFN4O2. The first-order valence-corrected chi connectivity index (χ1v) is 6.96. The summed E-state index contributed by atoms with van der Waals surface area (Å²) in [6.07, 6.45) is 3.05. The van der Waals surface area contributed by atoms with Crippen LogP contribution in [0.1, 0.15) is 16.1 Å². The summed E-state index contributed by atoms with van der Waals surface area (Å²) in [5.74, 6) is -1.73. The minimum atomic E-state index is -1.23. The van der Waals surface area contributed by atoms with Gasteiger partial charge in [0, 0.05) is 28.5 Å². The molecule has 0 fully saturated rings. The highest BCUT2D eigenvalue weighted by atomic mass is 35.5. The summed E-state index contributed by atoms with van der Waals surface area (Å²) in [7, 11) is 0. The van der Waals surface area contributed by atoms with Crippen LogP contribution < -0.4 is 0 Å². The first-order valence-electron chi connectivity index (χ1n) is 6.58. The maximum atomic E-state index is 14.0. The van der Waals surface area contributed by atoms with Crippen LogP contribution in [0.4, 0.5) is 4.39 Å². The van der Waals surface area contributed by atoms with E-state index in [9.17, 15) is 14.3 Å². The van der Waals surface area contributed by atoms with E-state index in [2.05, 4.69) is 15.3 Å². The van der Waals surface area contributed by atoms with Crippen molar-refractivity contribution in [2.24, 2.45) is 0 Å². The predicted octanol–water partition coefficient (Wildman–Crippen LogP) is 2.88. The van der Waals surface area contributed by atoms with Crippen LogP contribution in [-0.2, 0) is 6.54 Å². The number of aromatic nitrogens is 4. The Morgan fingerprint density at radius 2 is 2.13 bits per heavy atom. The molecule has 0 aliphatic carbocycles. The lowest BCUT2D eigenvalue weighted by molar-refractivity contribution is 0.0691. The Bertz CT molecular complexity index is 847. The summed E-state index contributed by atoms with van der Waals surface area (Å²) >= 11 is 6.02. The van der Waals surface area contributed by atoms with Crippen molar-refractivity contribution in [3.05, 3.63) is 64.8 Å². The van der Waals surface area contributed by atoms with E-state index in [1.807, 2.05) is 0 Å². The van der Waals surface area contributed by atoms with Crippen LogP contribution in [-0.4, -0.2) is 31.1 Å². The van der Waals surface area contributed by atoms with Gasteiger partial charge >= 0.3 is 5.97 Å². The fourth-order valence-corrected chi connectivity index (χ4v) is 2.41. The lowest BCUT2D eigenvalue weighted by Gasteiger charge is -2.09. The molecule has 23 heavy (non-hydrogen) atoms. The number of aromatic carboxylic acids is 1. The van der Waals surface area contributed by atoms with Crippen molar-refractivity contribution >= 4 is 17.6 Å². The molecule has 3 aromatic rings. The Kier molecular flexibility index (Phi) is 4.03. The molecular weight excluding hydrogens is 323 g/mol. The van der Waals surface area contributed by atoms with Crippen molar-refractivity contribution in [1.82, 2.24) is 20.0 Å². The van der Waals surface area contributed by atoms with Crippen LogP contribution in [0.2, 0.25) is 5.02 Å². The molecule has 1 aromatic carbocycles. The summed E-state index contributed by atoms with van der Waals surface area (Å²) in [5, 5.41) is 17.0. The van der Waals surface area contributed by atoms with Crippen molar-refractivity contribution in [2.75, 3.05) is 0 Å². The molecule has 3 rings (SSSR count). The Labute approximate surface area is 135 Å². The third-order valence-corrected chi connectivity index (χ3v) is 3.60. The van der Waals surface area contributed by atoms with Gasteiger partial charge in [-0.05, 0) is 24.3 Å². The zero-order chi connectivity index (χ0) is 16.4. The Morgan fingerprint density at radius 1 is 1.30 bits per heavy atom. The average molecular weight is 333 g/mol. The van der Waals surface area contributed by atoms with Crippen molar-refractivity contribution < 1.29 is 14.3 Å². The summed E-state index contributed by atoms with van der Waals surface area (Å²) in [4.78, 5) is 15.3. The van der Waals surface area contributed by atoms with Crippen LogP contribution in [0.3, 0.4) is 0 Å². The predicted molar refractivity (Wildman–Crippen MR) is 80.7 cm³/mol. The molecule has 0 amide bonds. The van der Waals surface area contributed by atoms with E-state index in [1.165, 1.54) is 23.0 Å². The van der Waals surface area contributed by atoms with Crippen LogP contribution >= 0.6 is 11.6 Å². The number of hydrogen-bond acceptors (Lipinski definition) is 4. The molecule has 0 spiro atoms. The number of carboxylic acid groups (broad SMARTS) is 1. The minimum absolute atomic E-state index is 0.0456. The third kappa shape index (κ3) is 2.91. The molecule has 6 nitrogen and oxygen atoms in total. The molecule has 0 saturated heterocycles. The van der Waals surface area contributed by atoms with Gasteiger partial charge in [0.05, 0.1) is 6.54 Å². The van der Waals surface area contributed by atoms with Gasteiger partial charge < -0.3 is 5.11 Å². The Balaban J connectivity index is 2.12. The van der Waals surface area contributed by atoms with Gasteiger partial charge in [0.1, 0.15) is 11.5 Å². The van der Waals surface area contributed by atoms with E-state index in [0.29, 0.717) is 5.56 Å². The Morgan fingerprint density at radius 3 is 2.78 bits per heavy atom. The molecule has 0 bridgehead atoms. The average Bonchev–Trinajstić information content (AvgIpc) is 2.96. The van der Waals surface area contributed by atoms with Gasteiger partial charge in [0.25, 0.3) is 0 Å². The van der Waals surface area contributed by atoms with Crippen LogP contribution in [0.25, 0.3) is 11.3 Å². The van der Waals surface area contributed by atoms with Gasteiger partial charge in [-0.1, -0.05) is 22.9 Å². The van der Waals surface area contributed by atoms with E-state index in [4.69, 9.17) is 11.6 Å². The van der Waals surface area contributed by atoms with Crippen molar-refractivity contribution in [2.45, 2.75) is 6.54 Å². The van der Waals surface area contributed by atoms with E-state index in [1.54, 1.807) is 24.4 Å². The zero-order valence-electron chi connectivity index (χ0n) is 11.6. The monoisotopic (exact) mass is 332 g/mol. The van der Waals surface area contributed by atoms with E-state index >= 15 is 0 Å². The van der Waals surface area contributed by atoms with E-state index in [0.717, 1.165) is 0 Å². The lowest BCUT2D eigenvalue weighted by Crippen LogP contribution is -2.08. The number of benzene rings is 1. The van der Waals surface area contributed by atoms with Gasteiger partial charge in [0.2, 0.25) is 0 Å². The molecule has 0 aliphatic rings. The number of carboxylic acids is 1. The molecule has 2 aromatic heterocycles. The molecule has 0 saturated carbocycles. The number of carbonyl (C=O) groups is 1. The number of hydrogen-bond donors (Lipinski definition) is 1. The van der Waals surface area contributed by atoms with Crippen LogP contribution in [0.15, 0.2) is 42.7 Å². The fourth-order valence-electron chi connectivity index (χ4n) is 2.19. The summed E-state index contributed by atoms with van der Waals surface area (Å²) in [6, 6.07) is 7.66. The Hall–Kier alpha value is -2.80. The number of nitrogens with zero attached hydrogens (tertiary/aromatic N) is 4. The highest BCUT2D eigenvalue weighted by molar-refractivity contribution is 6.31. The highest BCUT2D eigenvalue weighted by Gasteiger charge is 2.22. The maximum Gasteiger partial charge on any atom is 0.358 e. The first kappa shape index (κ1) is 15.1. The topological polar surface area (TPSA) is 80.9 Å². The van der Waals surface area contributed by atoms with Crippen LogP contribution in [0.5, 0.6) is 0 Å². The number of pyridine rings is 1. The van der Waals surface area contributed by atoms with Gasteiger partial charge in [0.15, 0.2) is 5.69 Å². The second-order valence-electron chi connectivity index (χ2n) is 4.69. The van der Waals surface area contributed by atoms with E-state index < -0.39 is 11.8 Å². The largest absolute Gasteiger partial charge is 0.476 e. The molecule has 8 heteroatoms. The smallest absolute Gasteiger partial charge is 0.358 e. The number of rotatable bonds is 4. The summed E-state index contributed by atoms with van der Waals surface area (Å²) < 4.78 is 15.3. The minimum Gasteiger partial charge on any atom is -0.476 e. The van der Waals surface area contributed by atoms with Gasteiger partial charge in [-0.15, -0.1) is 5.10 Å². The quantitative estimate of drug-likeness (QED) is 0.794. The third-order valence-electron chi connectivity index (χ3n) is 3.24. The normalized spacial score (nSPS) is 10.7. The molecule has 0 aliphatic heterocycles. The second-order valence-corrected chi connectivity index (χ2v) is 5.10. The molecule has 2 heterocycles. The first-order chi connectivity index (χ1) is 11.1. The molecule has 0 radical (unpaired) electrons. The molecule has 0 atom stereocenters. The number of halogens is 2. The summed E-state index contributed by atoms with van der Waals surface area (Å²) in [5.41, 5.74) is 0.735. The highest BCUT2D eigenvalue weighted by Crippen LogP contribution is 2.25. The van der Waals surface area contributed by atoms with Gasteiger partial charge in [-0.2, -0.15) is 0 Å². The van der Waals surface area contributed by atoms with E-state index in [-0.39, 0.29) is 28.5 Å². The standard InChI is InChI=1S/C15H10ClFN4O2/c16-11-4-1-5-12(17)10(11)8-21-14(9-3-2-6-18-7-9)13(15(22)23)19-20-21/h1-7H,8H2,(H,22,23). The summed E-state index contributed by atoms with van der Waals surface area (Å²) in [6.45, 7) is -0.0456. The molecule has 1 N–H and O–H groups in total. The molecule has 116 valence electrons. The fraction of sp³-hybridized carbons (Fsp3) is 0.0667. The lowest BCUT2D eigenvalue weighted by atomic mass is 10.1. The zero-order valence-corrected chi connectivity index (χ0v) is 12.4.